The van der Waals surface area contributed by atoms with Crippen molar-refractivity contribution in [3.63, 3.8) is 0 Å². The van der Waals surface area contributed by atoms with Crippen LogP contribution in [0.5, 0.6) is 0 Å². The van der Waals surface area contributed by atoms with Gasteiger partial charge < -0.3 is 38.6 Å². The largest absolute Gasteiger partial charge is 0.379 e. The van der Waals surface area contributed by atoms with E-state index in [9.17, 15) is 9.59 Å². The van der Waals surface area contributed by atoms with Gasteiger partial charge in [-0.3, -0.25) is 9.59 Å². The summed E-state index contributed by atoms with van der Waals surface area (Å²) in [7, 11) is 0. The molecule has 4 rings (SSSR count). The summed E-state index contributed by atoms with van der Waals surface area (Å²) in [5.74, 6) is -0.353. The lowest BCUT2D eigenvalue weighted by molar-refractivity contribution is -0.125. The molecule has 13 heteroatoms. The van der Waals surface area contributed by atoms with Crippen LogP contribution in [0.1, 0.15) is 38.7 Å². The van der Waals surface area contributed by atoms with Crippen molar-refractivity contribution in [2.45, 2.75) is 46.2 Å². The summed E-state index contributed by atoms with van der Waals surface area (Å²) in [4.78, 5) is 28.2. The standard InChI is InChI=1S/C36H51N5O8/c1-3-17-45-22-25-49-27-24-47-19-16-41-36-31-11-7-8-12-32(31)40(28-29-9-5-6-10-30(29)35(36)38-39-41)34(43)14-13-33(42)37-15-18-46-23-26-48-21-20-44-4-2/h5-12H,3-4,13-28H2,1-2H3,(H,37,42). The Kier molecular flexibility index (Phi) is 17.2. The summed E-state index contributed by atoms with van der Waals surface area (Å²) in [6.07, 6.45) is 1.11. The van der Waals surface area contributed by atoms with Crippen molar-refractivity contribution in [2.24, 2.45) is 0 Å². The Morgan fingerprint density at radius 2 is 1.33 bits per heavy atom. The first-order valence-corrected chi connectivity index (χ1v) is 17.3. The number of aromatic nitrogens is 3. The summed E-state index contributed by atoms with van der Waals surface area (Å²) < 4.78 is 34.9. The molecule has 0 aliphatic carbocycles. The molecule has 0 spiro atoms. The summed E-state index contributed by atoms with van der Waals surface area (Å²) in [5.41, 5.74) is 5.00. The van der Waals surface area contributed by atoms with Crippen molar-refractivity contribution in [3.05, 3.63) is 54.1 Å². The molecule has 0 saturated carbocycles. The number of amides is 2. The summed E-state index contributed by atoms with van der Waals surface area (Å²) in [6.45, 7) is 11.4. The van der Waals surface area contributed by atoms with E-state index >= 15 is 0 Å². The van der Waals surface area contributed by atoms with Gasteiger partial charge in [0.05, 0.1) is 90.5 Å². The molecule has 13 nitrogen and oxygen atoms in total. The fraction of sp³-hybridized carbons (Fsp3) is 0.556. The first kappa shape index (κ1) is 38.1. The maximum atomic E-state index is 13.8. The maximum absolute atomic E-state index is 13.8. The van der Waals surface area contributed by atoms with E-state index in [1.54, 1.807) is 4.90 Å². The Labute approximate surface area is 289 Å². The molecule has 0 unspecified atom stereocenters. The van der Waals surface area contributed by atoms with Crippen LogP contribution in [0.4, 0.5) is 5.69 Å². The number of carbonyl (C=O) groups is 2. The van der Waals surface area contributed by atoms with Crippen molar-refractivity contribution in [2.75, 3.05) is 90.7 Å². The van der Waals surface area contributed by atoms with E-state index < -0.39 is 0 Å². The van der Waals surface area contributed by atoms with Crippen LogP contribution in [0.15, 0.2) is 48.5 Å². The quantitative estimate of drug-likeness (QED) is 0.139. The summed E-state index contributed by atoms with van der Waals surface area (Å²) in [6, 6.07) is 15.7. The predicted octanol–water partition coefficient (Wildman–Crippen LogP) is 3.88. The summed E-state index contributed by atoms with van der Waals surface area (Å²) in [5, 5.41) is 11.9. The SMILES string of the molecule is CCCOCCOCCOCCn1nnc2c1-c1ccccc1N(C(=O)CCC(=O)NCCOCCOCCOCC)Cc1ccccc1-2. The molecule has 268 valence electrons. The lowest BCUT2D eigenvalue weighted by atomic mass is 9.95. The molecule has 49 heavy (non-hydrogen) atoms. The van der Waals surface area contributed by atoms with Crippen molar-refractivity contribution in [1.82, 2.24) is 20.3 Å². The van der Waals surface area contributed by atoms with Gasteiger partial charge in [0.1, 0.15) is 5.69 Å². The predicted molar refractivity (Wildman–Crippen MR) is 185 cm³/mol. The zero-order valence-corrected chi connectivity index (χ0v) is 28.9. The molecular weight excluding hydrogens is 630 g/mol. The van der Waals surface area contributed by atoms with Crippen molar-refractivity contribution >= 4 is 17.5 Å². The molecule has 2 aromatic carbocycles. The molecular formula is C36H51N5O8. The lowest BCUT2D eigenvalue weighted by Gasteiger charge is -2.28. The number of hydrogen-bond donors (Lipinski definition) is 1. The van der Waals surface area contributed by atoms with E-state index in [-0.39, 0.29) is 24.7 Å². The number of nitrogens with zero attached hydrogens (tertiary/aromatic N) is 4. The average Bonchev–Trinajstić information content (AvgIpc) is 3.53. The number of ether oxygens (including phenoxy) is 6. The van der Waals surface area contributed by atoms with Gasteiger partial charge >= 0.3 is 0 Å². The molecule has 0 saturated heterocycles. The van der Waals surface area contributed by atoms with Gasteiger partial charge in [-0.25, -0.2) is 4.68 Å². The first-order valence-electron chi connectivity index (χ1n) is 17.3. The molecule has 0 bridgehead atoms. The number of nitrogens with one attached hydrogen (secondary N) is 1. The van der Waals surface area contributed by atoms with E-state index in [4.69, 9.17) is 28.4 Å². The Morgan fingerprint density at radius 3 is 2.04 bits per heavy atom. The third kappa shape index (κ3) is 12.3. The van der Waals surface area contributed by atoms with Crippen LogP contribution >= 0.6 is 0 Å². The average molecular weight is 682 g/mol. The minimum atomic E-state index is -0.203. The van der Waals surface area contributed by atoms with E-state index in [0.717, 1.165) is 46.8 Å². The van der Waals surface area contributed by atoms with Gasteiger partial charge in [0.15, 0.2) is 0 Å². The van der Waals surface area contributed by atoms with E-state index in [1.807, 2.05) is 60.1 Å². The van der Waals surface area contributed by atoms with Gasteiger partial charge in [-0.05, 0) is 25.0 Å². The molecule has 2 amide bonds. The second-order valence-corrected chi connectivity index (χ2v) is 11.3. The zero-order chi connectivity index (χ0) is 34.5. The number of para-hydroxylation sites is 1. The highest BCUT2D eigenvalue weighted by Gasteiger charge is 2.29. The van der Waals surface area contributed by atoms with Gasteiger partial charge in [-0.1, -0.05) is 54.6 Å². The molecule has 0 radical (unpaired) electrons. The Hall–Kier alpha value is -3.72. The number of fused-ring (bicyclic) bond motifs is 5. The molecule has 1 aliphatic heterocycles. The normalized spacial score (nSPS) is 12.2. The van der Waals surface area contributed by atoms with Crippen molar-refractivity contribution in [1.29, 1.82) is 0 Å². The van der Waals surface area contributed by atoms with Crippen LogP contribution in [-0.2, 0) is 51.1 Å². The number of anilines is 1. The van der Waals surface area contributed by atoms with E-state index in [0.29, 0.717) is 92.3 Å². The van der Waals surface area contributed by atoms with Crippen LogP contribution in [0.2, 0.25) is 0 Å². The van der Waals surface area contributed by atoms with Gasteiger partial charge in [-0.15, -0.1) is 5.10 Å². The smallest absolute Gasteiger partial charge is 0.227 e. The van der Waals surface area contributed by atoms with E-state index in [2.05, 4.69) is 22.6 Å². The van der Waals surface area contributed by atoms with Crippen molar-refractivity contribution < 1.29 is 38.0 Å². The van der Waals surface area contributed by atoms with Crippen LogP contribution in [0.3, 0.4) is 0 Å². The number of hydrogen-bond acceptors (Lipinski definition) is 10. The first-order chi connectivity index (χ1) is 24.1. The van der Waals surface area contributed by atoms with Crippen molar-refractivity contribution in [3.8, 4) is 22.5 Å². The highest BCUT2D eigenvalue weighted by Crippen LogP contribution is 2.41. The molecule has 0 fully saturated rings. The fourth-order valence-corrected chi connectivity index (χ4v) is 5.32. The Bertz CT molecular complexity index is 1420. The minimum absolute atomic E-state index is 0.0574. The molecule has 1 aromatic heterocycles. The molecule has 1 aliphatic rings. The van der Waals surface area contributed by atoms with E-state index in [1.165, 1.54) is 0 Å². The number of rotatable bonds is 24. The molecule has 2 heterocycles. The molecule has 0 atom stereocenters. The second-order valence-electron chi connectivity index (χ2n) is 11.3. The lowest BCUT2D eigenvalue weighted by Crippen LogP contribution is -2.34. The van der Waals surface area contributed by atoms with Gasteiger partial charge in [-0.2, -0.15) is 0 Å². The second kappa shape index (κ2) is 22.1. The Balaban J connectivity index is 1.34. The van der Waals surface area contributed by atoms with Gasteiger partial charge in [0, 0.05) is 43.7 Å². The van der Waals surface area contributed by atoms with Gasteiger partial charge in [0.2, 0.25) is 11.8 Å². The monoisotopic (exact) mass is 681 g/mol. The number of benzene rings is 2. The minimum Gasteiger partial charge on any atom is -0.379 e. The highest BCUT2D eigenvalue weighted by molar-refractivity contribution is 6.01. The topological polar surface area (TPSA) is 136 Å². The Morgan fingerprint density at radius 1 is 0.714 bits per heavy atom. The molecule has 1 N–H and O–H groups in total. The highest BCUT2D eigenvalue weighted by atomic mass is 16.5. The van der Waals surface area contributed by atoms with Crippen LogP contribution in [-0.4, -0.2) is 113 Å². The van der Waals surface area contributed by atoms with Crippen LogP contribution in [0.25, 0.3) is 22.5 Å². The third-order valence-electron chi connectivity index (χ3n) is 7.71. The third-order valence-corrected chi connectivity index (χ3v) is 7.71. The fourth-order valence-electron chi connectivity index (χ4n) is 5.32. The zero-order valence-electron chi connectivity index (χ0n) is 28.9. The number of carbonyl (C=O) groups excluding carboxylic acids is 2. The van der Waals surface area contributed by atoms with Gasteiger partial charge in [0.25, 0.3) is 0 Å². The molecule has 3 aromatic rings. The summed E-state index contributed by atoms with van der Waals surface area (Å²) >= 11 is 0. The van der Waals surface area contributed by atoms with Crippen LogP contribution < -0.4 is 10.2 Å². The van der Waals surface area contributed by atoms with Crippen LogP contribution in [0, 0.1) is 0 Å². The maximum Gasteiger partial charge on any atom is 0.227 e.